The molecule has 0 radical (unpaired) electrons. The summed E-state index contributed by atoms with van der Waals surface area (Å²) in [6.07, 6.45) is 5.98. The van der Waals surface area contributed by atoms with E-state index in [0.29, 0.717) is 37.6 Å². The highest BCUT2D eigenvalue weighted by Gasteiger charge is 2.27. The summed E-state index contributed by atoms with van der Waals surface area (Å²) >= 11 is 1.32. The van der Waals surface area contributed by atoms with Gasteiger partial charge in [0.25, 0.3) is 0 Å². The van der Waals surface area contributed by atoms with Crippen LogP contribution in [0.5, 0.6) is 0 Å². The number of aryl methyl sites for hydroxylation is 1. The summed E-state index contributed by atoms with van der Waals surface area (Å²) in [7, 11) is 1.71. The fraction of sp³-hybridized carbons (Fsp3) is 0.500. The lowest BCUT2D eigenvalue weighted by atomic mass is 9.93. The van der Waals surface area contributed by atoms with E-state index in [1.165, 1.54) is 17.3 Å². The van der Waals surface area contributed by atoms with Gasteiger partial charge in [0.2, 0.25) is 5.91 Å². The van der Waals surface area contributed by atoms with Crippen molar-refractivity contribution in [2.24, 2.45) is 22.7 Å². The Morgan fingerprint density at radius 3 is 2.13 bits per heavy atom. The number of ether oxygens (including phenoxy) is 1. The number of carbonyl (C=O) groups is 3. The number of benzene rings is 2. The Hall–Kier alpha value is -4.69. The third-order valence-electron chi connectivity index (χ3n) is 9.10. The summed E-state index contributed by atoms with van der Waals surface area (Å²) in [5.41, 5.74) is 4.34. The van der Waals surface area contributed by atoms with E-state index < -0.39 is 12.1 Å². The molecular formula is C44H64N6O4S. The van der Waals surface area contributed by atoms with Crippen LogP contribution in [0.1, 0.15) is 85.8 Å². The van der Waals surface area contributed by atoms with Gasteiger partial charge in [-0.3, -0.25) is 9.79 Å². The Kier molecular flexibility index (Phi) is 21.5. The van der Waals surface area contributed by atoms with Crippen LogP contribution in [0, 0.1) is 36.0 Å². The molecule has 55 heavy (non-hydrogen) atoms. The van der Waals surface area contributed by atoms with Crippen molar-refractivity contribution in [3.8, 4) is 11.3 Å². The highest BCUT2D eigenvalue weighted by atomic mass is 32.2. The summed E-state index contributed by atoms with van der Waals surface area (Å²) in [4.78, 5) is 46.7. The molecule has 2 aromatic carbocycles. The summed E-state index contributed by atoms with van der Waals surface area (Å²) in [6.45, 7) is 18.8. The van der Waals surface area contributed by atoms with Crippen LogP contribution in [-0.2, 0) is 16.0 Å². The fourth-order valence-electron chi connectivity index (χ4n) is 5.66. The second-order valence-electron chi connectivity index (χ2n) is 14.6. The van der Waals surface area contributed by atoms with Crippen molar-refractivity contribution in [2.45, 2.75) is 106 Å². The molecule has 4 amide bonds. The number of aliphatic imine (C=N–C) groups is 1. The normalized spacial score (nSPS) is 14.7. The molecule has 10 nitrogen and oxygen atoms in total. The quantitative estimate of drug-likeness (QED) is 0.0892. The number of carbonyl (C=O) groups excluding carboxylic acids is 3. The third-order valence-corrected chi connectivity index (χ3v) is 9.80. The van der Waals surface area contributed by atoms with Crippen LogP contribution >= 0.6 is 11.8 Å². The van der Waals surface area contributed by atoms with Crippen molar-refractivity contribution >= 4 is 35.5 Å². The molecule has 4 atom stereocenters. The molecule has 0 fully saturated rings. The first kappa shape index (κ1) is 46.5. The average molecular weight is 773 g/mol. The average Bonchev–Trinajstić information content (AvgIpc) is 3.17. The molecule has 4 N–H and O–H groups in total. The van der Waals surface area contributed by atoms with Crippen molar-refractivity contribution in [1.29, 1.82) is 0 Å². The minimum Gasteiger partial charge on any atom is -0.444 e. The van der Waals surface area contributed by atoms with Crippen LogP contribution in [0.15, 0.2) is 88.5 Å². The standard InChI is InChI=1S/C37H56N6O4S.C7H8/c1-10-27(7)33(25(3)4)40-30(11-2)23-43(9)36(45)42-34(26(5)6)35(44)39-28(8)17-18-31(21-29-15-13-12-14-16-29)41-37(46)47-24-32-22-38-19-20-48-32;1-7-5-3-2-4-6-7/h11-16,22,25-28,31,34,38H,10,17-18,21,23-24H2,1-9H3,(H,39,44)(H,41,46)(H,42,45);2-6H,1H3/b30-11-,40-33?;. The van der Waals surface area contributed by atoms with E-state index in [0.717, 1.165) is 28.3 Å². The Morgan fingerprint density at radius 1 is 0.945 bits per heavy atom. The molecule has 1 aliphatic rings. The molecule has 0 saturated heterocycles. The summed E-state index contributed by atoms with van der Waals surface area (Å²) in [6, 6.07) is 21.5. The second kappa shape index (κ2) is 25.4. The van der Waals surface area contributed by atoms with Crippen molar-refractivity contribution < 1.29 is 19.1 Å². The third kappa shape index (κ3) is 18.5. The molecule has 0 saturated carbocycles. The number of likely N-dealkylation sites (N-methyl/N-ethyl adjacent to an activating group) is 1. The maximum Gasteiger partial charge on any atom is 0.407 e. The van der Waals surface area contributed by atoms with Crippen LogP contribution in [0.25, 0.3) is 0 Å². The van der Waals surface area contributed by atoms with E-state index in [2.05, 4.69) is 79.3 Å². The lowest BCUT2D eigenvalue weighted by Gasteiger charge is -2.27. The molecule has 0 spiro atoms. The van der Waals surface area contributed by atoms with Gasteiger partial charge in [-0.1, -0.05) is 114 Å². The number of hydrogen-bond donors (Lipinski definition) is 4. The Labute approximate surface area is 334 Å². The largest absolute Gasteiger partial charge is 0.444 e. The van der Waals surface area contributed by atoms with Gasteiger partial charge in [-0.05, 0) is 86.8 Å². The molecule has 3 rings (SSSR count). The first-order chi connectivity index (χ1) is 26.2. The Balaban J connectivity index is 0.00000133. The van der Waals surface area contributed by atoms with E-state index in [4.69, 9.17) is 9.73 Å². The van der Waals surface area contributed by atoms with E-state index in [1.807, 2.05) is 82.3 Å². The molecule has 0 aromatic heterocycles. The van der Waals surface area contributed by atoms with Gasteiger partial charge >= 0.3 is 12.1 Å². The monoisotopic (exact) mass is 772 g/mol. The molecule has 1 heterocycles. The number of alkyl carbamates (subject to hydrolysis) is 1. The van der Waals surface area contributed by atoms with Crippen LogP contribution in [0.4, 0.5) is 9.59 Å². The van der Waals surface area contributed by atoms with Crippen molar-refractivity contribution in [1.82, 2.24) is 26.2 Å². The van der Waals surface area contributed by atoms with E-state index in [-0.39, 0.29) is 36.5 Å². The minimum atomic E-state index is -0.717. The van der Waals surface area contributed by atoms with Gasteiger partial charge in [0.15, 0.2) is 0 Å². The first-order valence-electron chi connectivity index (χ1n) is 19.4. The van der Waals surface area contributed by atoms with Gasteiger partial charge in [-0.25, -0.2) is 9.59 Å². The number of rotatable bonds is 18. The summed E-state index contributed by atoms with van der Waals surface area (Å²) in [5.74, 6) is 0.280. The van der Waals surface area contributed by atoms with Gasteiger partial charge in [0, 0.05) is 37.1 Å². The van der Waals surface area contributed by atoms with E-state index >= 15 is 0 Å². The molecule has 11 heteroatoms. The number of hydrogen-bond acceptors (Lipinski definition) is 7. The predicted molar refractivity (Wildman–Crippen MR) is 228 cm³/mol. The lowest BCUT2D eigenvalue weighted by molar-refractivity contribution is -0.124. The van der Waals surface area contributed by atoms with Crippen molar-refractivity contribution in [3.05, 3.63) is 94.7 Å². The van der Waals surface area contributed by atoms with Crippen LogP contribution in [0.2, 0.25) is 0 Å². The smallest absolute Gasteiger partial charge is 0.407 e. The molecule has 0 bridgehead atoms. The van der Waals surface area contributed by atoms with Crippen LogP contribution in [0.3, 0.4) is 0 Å². The molecule has 0 aliphatic carbocycles. The fourth-order valence-corrected chi connectivity index (χ4v) is 6.14. The van der Waals surface area contributed by atoms with Crippen LogP contribution < -0.4 is 21.3 Å². The maximum absolute atomic E-state index is 13.4. The maximum atomic E-state index is 13.4. The number of allylic oxidation sites excluding steroid dienone is 1. The molecule has 4 unspecified atom stereocenters. The number of urea groups is 1. The highest BCUT2D eigenvalue weighted by molar-refractivity contribution is 8.07. The zero-order valence-electron chi connectivity index (χ0n) is 34.6. The van der Waals surface area contributed by atoms with Gasteiger partial charge in [0.05, 0.1) is 17.1 Å². The first-order valence-corrected chi connectivity index (χ1v) is 20.2. The van der Waals surface area contributed by atoms with E-state index in [1.54, 1.807) is 18.1 Å². The molecule has 2 aromatic rings. The molecule has 1 aliphatic heterocycles. The molecule has 300 valence electrons. The summed E-state index contributed by atoms with van der Waals surface area (Å²) in [5, 5.41) is 14.7. The lowest BCUT2D eigenvalue weighted by Crippen LogP contribution is -2.54. The SMILES string of the molecule is C/C=C(/CN(C)C(=O)NC(C(=O)NC(C)CCC(Cc1ccccc1)NC(=O)OCC1=CNC#CS1)C(C)C)N=C(C(C)C)C(C)CC.Cc1ccccc1. The predicted octanol–water partition coefficient (Wildman–Crippen LogP) is 8.41. The minimum absolute atomic E-state index is 0.125. The zero-order chi connectivity index (χ0) is 40.8. The molecular weight excluding hydrogens is 709 g/mol. The van der Waals surface area contributed by atoms with E-state index in [9.17, 15) is 14.4 Å². The Bertz CT molecular complexity index is 1630. The van der Waals surface area contributed by atoms with Gasteiger partial charge in [-0.15, -0.1) is 0 Å². The van der Waals surface area contributed by atoms with Crippen molar-refractivity contribution in [3.63, 3.8) is 0 Å². The van der Waals surface area contributed by atoms with Gasteiger partial charge in [-0.2, -0.15) is 0 Å². The topological polar surface area (TPSA) is 124 Å². The van der Waals surface area contributed by atoms with Gasteiger partial charge < -0.3 is 30.9 Å². The van der Waals surface area contributed by atoms with Gasteiger partial charge in [0.1, 0.15) is 12.6 Å². The number of thioether (sulfide) groups is 1. The second-order valence-corrected chi connectivity index (χ2v) is 15.6. The number of nitrogens with one attached hydrogen (secondary N) is 4. The number of nitrogens with zero attached hydrogens (tertiary/aromatic N) is 2. The highest BCUT2D eigenvalue weighted by Crippen LogP contribution is 2.17. The summed E-state index contributed by atoms with van der Waals surface area (Å²) < 4.78 is 5.44. The van der Waals surface area contributed by atoms with Crippen molar-refractivity contribution in [2.75, 3.05) is 20.2 Å². The number of amides is 4. The zero-order valence-corrected chi connectivity index (χ0v) is 35.4. The Morgan fingerprint density at radius 2 is 1.60 bits per heavy atom. The van der Waals surface area contributed by atoms with Crippen LogP contribution in [-0.4, -0.2) is 67.0 Å².